The molecule has 4 rings (SSSR count). The molecule has 0 bridgehead atoms. The summed E-state index contributed by atoms with van der Waals surface area (Å²) in [6.07, 6.45) is 1.57. The molecule has 134 valence electrons. The number of amides is 1. The Hall–Kier alpha value is -2.70. The average molecular weight is 392 g/mol. The van der Waals surface area contributed by atoms with E-state index in [1.54, 1.807) is 29.6 Å². The Morgan fingerprint density at radius 3 is 2.48 bits per heavy atom. The SMILES string of the molecule is CN(C(=O)CSc1ncnc2sc(-c3ccccc3)cc12)c1ccccc1. The number of carbonyl (C=O) groups is 1. The molecule has 0 aliphatic rings. The van der Waals surface area contributed by atoms with E-state index >= 15 is 0 Å². The molecule has 4 nitrogen and oxygen atoms in total. The highest BCUT2D eigenvalue weighted by atomic mass is 32.2. The van der Waals surface area contributed by atoms with Crippen LogP contribution < -0.4 is 4.90 Å². The summed E-state index contributed by atoms with van der Waals surface area (Å²) >= 11 is 3.10. The van der Waals surface area contributed by atoms with E-state index < -0.39 is 0 Å². The van der Waals surface area contributed by atoms with Crippen molar-refractivity contribution in [3.63, 3.8) is 0 Å². The van der Waals surface area contributed by atoms with Crippen LogP contribution in [0.25, 0.3) is 20.7 Å². The van der Waals surface area contributed by atoms with Gasteiger partial charge in [0.05, 0.1) is 5.75 Å². The predicted octanol–water partition coefficient (Wildman–Crippen LogP) is 5.11. The molecule has 0 radical (unpaired) electrons. The van der Waals surface area contributed by atoms with E-state index in [1.165, 1.54) is 11.8 Å². The minimum Gasteiger partial charge on any atom is -0.315 e. The minimum absolute atomic E-state index is 0.0384. The Morgan fingerprint density at radius 1 is 1.04 bits per heavy atom. The lowest BCUT2D eigenvalue weighted by Gasteiger charge is -2.16. The van der Waals surface area contributed by atoms with Crippen molar-refractivity contribution >= 4 is 44.9 Å². The Morgan fingerprint density at radius 2 is 1.74 bits per heavy atom. The maximum Gasteiger partial charge on any atom is 0.237 e. The zero-order valence-electron chi connectivity index (χ0n) is 14.7. The van der Waals surface area contributed by atoms with Gasteiger partial charge in [-0.15, -0.1) is 11.3 Å². The minimum atomic E-state index is 0.0384. The van der Waals surface area contributed by atoms with Crippen LogP contribution in [0, 0.1) is 0 Å². The van der Waals surface area contributed by atoms with E-state index in [0.29, 0.717) is 5.75 Å². The summed E-state index contributed by atoms with van der Waals surface area (Å²) in [5.41, 5.74) is 2.05. The van der Waals surface area contributed by atoms with Crippen LogP contribution in [0.2, 0.25) is 0 Å². The molecule has 2 aromatic carbocycles. The third-order valence-electron chi connectivity index (χ3n) is 4.20. The summed E-state index contributed by atoms with van der Waals surface area (Å²) < 4.78 is 0. The molecular weight excluding hydrogens is 374 g/mol. The Kier molecular flexibility index (Phi) is 5.18. The zero-order chi connectivity index (χ0) is 18.6. The van der Waals surface area contributed by atoms with Gasteiger partial charge in [0.25, 0.3) is 0 Å². The molecule has 6 heteroatoms. The highest BCUT2D eigenvalue weighted by molar-refractivity contribution is 8.00. The first-order chi connectivity index (χ1) is 13.2. The number of para-hydroxylation sites is 1. The Labute approximate surface area is 165 Å². The standard InChI is InChI=1S/C21H17N3OS2/c1-24(16-10-6-3-7-11-16)19(25)13-26-20-17-12-18(15-8-4-2-5-9-15)27-21(17)23-14-22-20/h2-12,14H,13H2,1H3. The lowest BCUT2D eigenvalue weighted by atomic mass is 10.2. The van der Waals surface area contributed by atoms with Crippen molar-refractivity contribution in [3.05, 3.63) is 73.1 Å². The fraction of sp³-hybridized carbons (Fsp3) is 0.0952. The fourth-order valence-electron chi connectivity index (χ4n) is 2.72. The van der Waals surface area contributed by atoms with Crippen LogP contribution in [0.15, 0.2) is 78.1 Å². The van der Waals surface area contributed by atoms with Gasteiger partial charge < -0.3 is 4.90 Å². The molecule has 0 atom stereocenters. The number of hydrogen-bond acceptors (Lipinski definition) is 5. The highest BCUT2D eigenvalue weighted by Crippen LogP contribution is 2.36. The molecule has 27 heavy (non-hydrogen) atoms. The van der Waals surface area contributed by atoms with Crippen LogP contribution in [0.5, 0.6) is 0 Å². The molecule has 0 saturated heterocycles. The number of anilines is 1. The summed E-state index contributed by atoms with van der Waals surface area (Å²) in [4.78, 5) is 25.1. The number of thiophene rings is 1. The molecule has 0 spiro atoms. The monoisotopic (exact) mass is 391 g/mol. The van der Waals surface area contributed by atoms with Crippen LogP contribution >= 0.6 is 23.1 Å². The van der Waals surface area contributed by atoms with Crippen LogP contribution in [-0.2, 0) is 4.79 Å². The number of aromatic nitrogens is 2. The fourth-order valence-corrected chi connectivity index (χ4v) is 4.67. The van der Waals surface area contributed by atoms with Crippen LogP contribution in [-0.4, -0.2) is 28.7 Å². The maximum atomic E-state index is 12.5. The van der Waals surface area contributed by atoms with E-state index in [4.69, 9.17) is 0 Å². The molecule has 2 aromatic heterocycles. The molecular formula is C21H17N3OS2. The molecule has 0 saturated carbocycles. The average Bonchev–Trinajstić information content (AvgIpc) is 3.18. The Bertz CT molecular complexity index is 1060. The second-order valence-electron chi connectivity index (χ2n) is 5.95. The van der Waals surface area contributed by atoms with Crippen molar-refractivity contribution < 1.29 is 4.79 Å². The van der Waals surface area contributed by atoms with E-state index in [-0.39, 0.29) is 5.91 Å². The summed E-state index contributed by atoms with van der Waals surface area (Å²) in [7, 11) is 1.80. The molecule has 0 unspecified atom stereocenters. The number of nitrogens with zero attached hydrogens (tertiary/aromatic N) is 3. The smallest absolute Gasteiger partial charge is 0.237 e. The van der Waals surface area contributed by atoms with Gasteiger partial charge in [-0.25, -0.2) is 9.97 Å². The first-order valence-corrected chi connectivity index (χ1v) is 10.3. The number of rotatable bonds is 5. The third kappa shape index (κ3) is 3.86. The Balaban J connectivity index is 1.54. The van der Waals surface area contributed by atoms with Gasteiger partial charge in [0, 0.05) is 23.0 Å². The lowest BCUT2D eigenvalue weighted by Crippen LogP contribution is -2.27. The molecule has 0 N–H and O–H groups in total. The van der Waals surface area contributed by atoms with E-state index in [0.717, 1.165) is 31.4 Å². The quantitative estimate of drug-likeness (QED) is 0.350. The molecule has 4 aromatic rings. The second-order valence-corrected chi connectivity index (χ2v) is 7.95. The lowest BCUT2D eigenvalue weighted by molar-refractivity contribution is -0.115. The normalized spacial score (nSPS) is 10.9. The topological polar surface area (TPSA) is 46.1 Å². The first kappa shape index (κ1) is 17.7. The van der Waals surface area contributed by atoms with Crippen molar-refractivity contribution in [2.75, 3.05) is 17.7 Å². The van der Waals surface area contributed by atoms with Gasteiger partial charge in [-0.05, 0) is 23.8 Å². The predicted molar refractivity (Wildman–Crippen MR) is 113 cm³/mol. The summed E-state index contributed by atoms with van der Waals surface area (Å²) in [6.45, 7) is 0. The zero-order valence-corrected chi connectivity index (χ0v) is 16.3. The van der Waals surface area contributed by atoms with Crippen LogP contribution in [0.3, 0.4) is 0 Å². The number of thioether (sulfide) groups is 1. The molecule has 0 aliphatic heterocycles. The van der Waals surface area contributed by atoms with Gasteiger partial charge in [0.15, 0.2) is 0 Å². The van der Waals surface area contributed by atoms with Gasteiger partial charge in [0.1, 0.15) is 16.2 Å². The molecule has 2 heterocycles. The molecule has 0 aliphatic carbocycles. The molecule has 0 fully saturated rings. The summed E-state index contributed by atoms with van der Waals surface area (Å²) in [6, 6.07) is 22.0. The van der Waals surface area contributed by atoms with Crippen molar-refractivity contribution in [2.45, 2.75) is 5.03 Å². The number of carbonyl (C=O) groups excluding carboxylic acids is 1. The maximum absolute atomic E-state index is 12.5. The largest absolute Gasteiger partial charge is 0.315 e. The van der Waals surface area contributed by atoms with Gasteiger partial charge in [-0.1, -0.05) is 60.3 Å². The van der Waals surface area contributed by atoms with Gasteiger partial charge in [0.2, 0.25) is 5.91 Å². The van der Waals surface area contributed by atoms with Crippen molar-refractivity contribution in [3.8, 4) is 10.4 Å². The van der Waals surface area contributed by atoms with Crippen molar-refractivity contribution in [2.24, 2.45) is 0 Å². The molecule has 1 amide bonds. The number of hydrogen-bond donors (Lipinski definition) is 0. The highest BCUT2D eigenvalue weighted by Gasteiger charge is 2.15. The van der Waals surface area contributed by atoms with Crippen molar-refractivity contribution in [1.82, 2.24) is 9.97 Å². The van der Waals surface area contributed by atoms with Crippen LogP contribution in [0.1, 0.15) is 0 Å². The van der Waals surface area contributed by atoms with Crippen LogP contribution in [0.4, 0.5) is 5.69 Å². The van der Waals surface area contributed by atoms with Crippen molar-refractivity contribution in [1.29, 1.82) is 0 Å². The first-order valence-electron chi connectivity index (χ1n) is 8.47. The number of fused-ring (bicyclic) bond motifs is 1. The summed E-state index contributed by atoms with van der Waals surface area (Å²) in [5, 5.41) is 1.84. The third-order valence-corrected chi connectivity index (χ3v) is 6.28. The van der Waals surface area contributed by atoms with E-state index in [2.05, 4.69) is 28.2 Å². The van der Waals surface area contributed by atoms with Gasteiger partial charge in [-0.3, -0.25) is 4.79 Å². The summed E-state index contributed by atoms with van der Waals surface area (Å²) in [5.74, 6) is 0.366. The number of benzene rings is 2. The van der Waals surface area contributed by atoms with E-state index in [1.807, 2.05) is 48.5 Å². The second kappa shape index (κ2) is 7.90. The van der Waals surface area contributed by atoms with Gasteiger partial charge >= 0.3 is 0 Å². The van der Waals surface area contributed by atoms with E-state index in [9.17, 15) is 4.79 Å². The van der Waals surface area contributed by atoms with Gasteiger partial charge in [-0.2, -0.15) is 0 Å².